The van der Waals surface area contributed by atoms with Crippen LogP contribution in [0.4, 0.5) is 0 Å². The summed E-state index contributed by atoms with van der Waals surface area (Å²) in [5, 5.41) is 1.25. The molecule has 0 radical (unpaired) electrons. The molecule has 0 saturated heterocycles. The number of benzene rings is 1. The third kappa shape index (κ3) is 2.19. The van der Waals surface area contributed by atoms with Crippen molar-refractivity contribution in [3.63, 3.8) is 0 Å². The highest BCUT2D eigenvalue weighted by atomic mass is 16.5. The summed E-state index contributed by atoms with van der Waals surface area (Å²) < 4.78 is 10.5. The number of aromatic nitrogens is 1. The number of methoxy groups -OCH3 is 1. The third-order valence-electron chi connectivity index (χ3n) is 2.68. The number of aromatic amines is 1. The van der Waals surface area contributed by atoms with Crippen molar-refractivity contribution in [3.05, 3.63) is 30.0 Å². The molecule has 3 nitrogen and oxygen atoms in total. The van der Waals surface area contributed by atoms with Gasteiger partial charge in [0, 0.05) is 24.2 Å². The maximum atomic E-state index is 5.58. The maximum absolute atomic E-state index is 5.58. The molecule has 86 valence electrons. The Morgan fingerprint density at radius 1 is 1.25 bits per heavy atom. The molecule has 1 N–H and O–H groups in total. The fraction of sp³-hybridized carbons (Fsp3) is 0.385. The first-order valence-electron chi connectivity index (χ1n) is 5.57. The number of hydrogen-bond donors (Lipinski definition) is 1. The predicted molar refractivity (Wildman–Crippen MR) is 65.0 cm³/mol. The lowest BCUT2D eigenvalue weighted by molar-refractivity contribution is 0.146. The number of hydrogen-bond acceptors (Lipinski definition) is 2. The Hall–Kier alpha value is -1.48. The maximum Gasteiger partial charge on any atom is 0.120 e. The van der Waals surface area contributed by atoms with Gasteiger partial charge < -0.3 is 14.5 Å². The van der Waals surface area contributed by atoms with Gasteiger partial charge in [-0.3, -0.25) is 0 Å². The predicted octanol–water partition coefficient (Wildman–Crippen LogP) is 2.76. The van der Waals surface area contributed by atoms with Gasteiger partial charge in [0.05, 0.1) is 6.61 Å². The number of H-pyrrole nitrogens is 1. The lowest BCUT2D eigenvalue weighted by Crippen LogP contribution is -2.03. The van der Waals surface area contributed by atoms with E-state index in [1.165, 1.54) is 10.9 Å². The van der Waals surface area contributed by atoms with E-state index in [1.807, 2.05) is 6.07 Å². The molecule has 0 atom stereocenters. The Bertz CT molecular complexity index is 462. The van der Waals surface area contributed by atoms with Crippen LogP contribution in [0.25, 0.3) is 10.9 Å². The van der Waals surface area contributed by atoms with Crippen molar-refractivity contribution >= 4 is 10.9 Å². The highest BCUT2D eigenvalue weighted by Gasteiger charge is 2.03. The van der Waals surface area contributed by atoms with E-state index >= 15 is 0 Å². The lowest BCUT2D eigenvalue weighted by Gasteiger charge is -2.05. The molecule has 0 fully saturated rings. The average molecular weight is 219 g/mol. The molecule has 0 aliphatic rings. The van der Waals surface area contributed by atoms with Gasteiger partial charge in [0.1, 0.15) is 12.4 Å². The largest absolute Gasteiger partial charge is 0.491 e. The second-order valence-electron chi connectivity index (χ2n) is 3.72. The summed E-state index contributed by atoms with van der Waals surface area (Å²) in [7, 11) is 1.67. The zero-order valence-corrected chi connectivity index (χ0v) is 9.75. The van der Waals surface area contributed by atoms with Gasteiger partial charge in [0.25, 0.3) is 0 Å². The Balaban J connectivity index is 2.20. The molecule has 0 amide bonds. The zero-order valence-electron chi connectivity index (χ0n) is 9.75. The summed E-state index contributed by atoms with van der Waals surface area (Å²) in [6.45, 7) is 3.36. The van der Waals surface area contributed by atoms with E-state index in [-0.39, 0.29) is 0 Å². The molecule has 0 bridgehead atoms. The number of rotatable bonds is 5. The van der Waals surface area contributed by atoms with Crippen LogP contribution in [0, 0.1) is 0 Å². The molecular formula is C13H17NO2. The van der Waals surface area contributed by atoms with Crippen LogP contribution in [-0.2, 0) is 11.2 Å². The van der Waals surface area contributed by atoms with Crippen LogP contribution < -0.4 is 4.74 Å². The van der Waals surface area contributed by atoms with E-state index < -0.39 is 0 Å². The molecule has 2 rings (SSSR count). The summed E-state index contributed by atoms with van der Waals surface area (Å²) in [5.41, 5.74) is 2.49. The molecule has 1 aromatic carbocycles. The molecule has 0 unspecified atom stereocenters. The molecule has 3 heteroatoms. The van der Waals surface area contributed by atoms with Gasteiger partial charge in [-0.2, -0.15) is 0 Å². The number of aryl methyl sites for hydroxylation is 1. The molecule has 0 aliphatic heterocycles. The monoisotopic (exact) mass is 219 g/mol. The van der Waals surface area contributed by atoms with Gasteiger partial charge >= 0.3 is 0 Å². The van der Waals surface area contributed by atoms with E-state index in [1.54, 1.807) is 7.11 Å². The molecule has 1 aromatic heterocycles. The lowest BCUT2D eigenvalue weighted by atomic mass is 10.1. The van der Waals surface area contributed by atoms with Crippen LogP contribution in [0.5, 0.6) is 5.75 Å². The van der Waals surface area contributed by atoms with Crippen molar-refractivity contribution in [3.8, 4) is 5.75 Å². The summed E-state index contributed by atoms with van der Waals surface area (Å²) in [5.74, 6) is 0.902. The van der Waals surface area contributed by atoms with Crippen LogP contribution >= 0.6 is 0 Å². The van der Waals surface area contributed by atoms with Gasteiger partial charge in [-0.05, 0) is 30.2 Å². The van der Waals surface area contributed by atoms with Gasteiger partial charge in [-0.1, -0.05) is 6.92 Å². The molecule has 16 heavy (non-hydrogen) atoms. The van der Waals surface area contributed by atoms with Gasteiger partial charge in [0.15, 0.2) is 0 Å². The van der Waals surface area contributed by atoms with Gasteiger partial charge in [-0.25, -0.2) is 0 Å². The molecule has 2 aromatic rings. The molecule has 0 aliphatic carbocycles. The quantitative estimate of drug-likeness (QED) is 0.784. The van der Waals surface area contributed by atoms with Crippen molar-refractivity contribution < 1.29 is 9.47 Å². The van der Waals surface area contributed by atoms with Crippen molar-refractivity contribution in [2.45, 2.75) is 13.3 Å². The highest BCUT2D eigenvalue weighted by Crippen LogP contribution is 2.23. The van der Waals surface area contributed by atoms with E-state index in [0.717, 1.165) is 17.7 Å². The van der Waals surface area contributed by atoms with Gasteiger partial charge in [-0.15, -0.1) is 0 Å². The summed E-state index contributed by atoms with van der Waals surface area (Å²) in [6.07, 6.45) is 3.09. The van der Waals surface area contributed by atoms with Gasteiger partial charge in [0.2, 0.25) is 0 Å². The van der Waals surface area contributed by atoms with Crippen LogP contribution in [0.2, 0.25) is 0 Å². The summed E-state index contributed by atoms with van der Waals surface area (Å²) in [4.78, 5) is 3.25. The van der Waals surface area contributed by atoms with Crippen molar-refractivity contribution in [2.75, 3.05) is 20.3 Å². The Kier molecular flexibility index (Phi) is 3.47. The standard InChI is InChI=1S/C13H17NO2/c1-3-10-9-14-13-5-4-11(8-12(10)13)16-7-6-15-2/h4-5,8-9,14H,3,6-7H2,1-2H3. The Morgan fingerprint density at radius 2 is 2.12 bits per heavy atom. The zero-order chi connectivity index (χ0) is 11.4. The van der Waals surface area contributed by atoms with Crippen LogP contribution in [-0.4, -0.2) is 25.3 Å². The minimum atomic E-state index is 0.591. The smallest absolute Gasteiger partial charge is 0.120 e. The van der Waals surface area contributed by atoms with E-state index in [2.05, 4.69) is 30.2 Å². The van der Waals surface area contributed by atoms with Crippen molar-refractivity contribution in [1.82, 2.24) is 4.98 Å². The molecular weight excluding hydrogens is 202 g/mol. The normalized spacial score (nSPS) is 10.9. The van der Waals surface area contributed by atoms with Crippen molar-refractivity contribution in [1.29, 1.82) is 0 Å². The van der Waals surface area contributed by atoms with Crippen LogP contribution in [0.1, 0.15) is 12.5 Å². The summed E-state index contributed by atoms with van der Waals surface area (Å²) in [6, 6.07) is 6.12. The average Bonchev–Trinajstić information content (AvgIpc) is 2.71. The first kappa shape index (κ1) is 11.0. The number of nitrogens with one attached hydrogen (secondary N) is 1. The first-order valence-corrected chi connectivity index (χ1v) is 5.57. The second kappa shape index (κ2) is 5.03. The van der Waals surface area contributed by atoms with Crippen LogP contribution in [0.3, 0.4) is 0 Å². The SMILES string of the molecule is CCc1c[nH]c2ccc(OCCOC)cc12. The topological polar surface area (TPSA) is 34.2 Å². The van der Waals surface area contributed by atoms with E-state index in [4.69, 9.17) is 9.47 Å². The second-order valence-corrected chi connectivity index (χ2v) is 3.72. The Morgan fingerprint density at radius 3 is 2.88 bits per heavy atom. The minimum absolute atomic E-state index is 0.591. The molecule has 1 heterocycles. The van der Waals surface area contributed by atoms with E-state index in [9.17, 15) is 0 Å². The van der Waals surface area contributed by atoms with E-state index in [0.29, 0.717) is 13.2 Å². The fourth-order valence-electron chi connectivity index (χ4n) is 1.78. The number of fused-ring (bicyclic) bond motifs is 1. The fourth-order valence-corrected chi connectivity index (χ4v) is 1.78. The highest BCUT2D eigenvalue weighted by molar-refractivity contribution is 5.84. The molecule has 0 saturated carbocycles. The third-order valence-corrected chi connectivity index (χ3v) is 2.68. The van der Waals surface area contributed by atoms with Crippen LogP contribution in [0.15, 0.2) is 24.4 Å². The van der Waals surface area contributed by atoms with Crippen molar-refractivity contribution in [2.24, 2.45) is 0 Å². The first-order chi connectivity index (χ1) is 7.85. The summed E-state index contributed by atoms with van der Waals surface area (Å²) >= 11 is 0. The Labute approximate surface area is 95.4 Å². The number of ether oxygens (including phenoxy) is 2. The molecule has 0 spiro atoms. The minimum Gasteiger partial charge on any atom is -0.491 e.